The van der Waals surface area contributed by atoms with E-state index < -0.39 is 0 Å². The maximum atomic E-state index is 12.5. The van der Waals surface area contributed by atoms with Gasteiger partial charge in [0.15, 0.2) is 0 Å². The first-order valence-electron chi connectivity index (χ1n) is 9.52. The first-order chi connectivity index (χ1) is 13.7. The quantitative estimate of drug-likeness (QED) is 0.667. The number of carbonyl (C=O) groups is 2. The molecular weight excluding hydrogens is 358 g/mol. The topological polar surface area (TPSA) is 109 Å². The van der Waals surface area contributed by atoms with Crippen molar-refractivity contribution in [1.29, 1.82) is 0 Å². The highest BCUT2D eigenvalue weighted by Gasteiger charge is 2.24. The predicted octanol–water partition coefficient (Wildman–Crippen LogP) is 1.21. The van der Waals surface area contributed by atoms with Crippen molar-refractivity contribution in [2.75, 3.05) is 19.6 Å². The second kappa shape index (κ2) is 8.20. The first-order valence-corrected chi connectivity index (χ1v) is 9.52. The summed E-state index contributed by atoms with van der Waals surface area (Å²) in [6, 6.07) is 5.36. The number of hydrogen-bond donors (Lipinski definition) is 2. The van der Waals surface area contributed by atoms with E-state index in [2.05, 4.69) is 25.8 Å². The van der Waals surface area contributed by atoms with Gasteiger partial charge in [-0.3, -0.25) is 19.4 Å². The summed E-state index contributed by atoms with van der Waals surface area (Å²) >= 11 is 0. The third kappa shape index (κ3) is 4.19. The summed E-state index contributed by atoms with van der Waals surface area (Å²) in [5.74, 6) is 0.281. The molecule has 0 radical (unpaired) electrons. The smallest absolute Gasteiger partial charge is 0.251 e. The van der Waals surface area contributed by atoms with Gasteiger partial charge in [0.25, 0.3) is 5.91 Å². The van der Waals surface area contributed by atoms with Crippen LogP contribution < -0.4 is 5.32 Å². The molecule has 1 fully saturated rings. The van der Waals surface area contributed by atoms with Crippen LogP contribution >= 0.6 is 0 Å². The molecular formula is C19H23N7O2. The number of aromatic amines is 1. The Bertz CT molecular complexity index is 950. The Morgan fingerprint density at radius 2 is 2.25 bits per heavy atom. The average Bonchev–Trinajstić information content (AvgIpc) is 3.39. The molecule has 2 N–H and O–H groups in total. The van der Waals surface area contributed by atoms with Gasteiger partial charge in [-0.25, -0.2) is 0 Å². The molecule has 146 valence electrons. The SMILES string of the molecule is O=C(NCCC(=O)N1CCCC(Cn2ccnn2)C1)c1ccc2[nH]ncc2c1. The van der Waals surface area contributed by atoms with E-state index in [1.807, 2.05) is 21.8 Å². The van der Waals surface area contributed by atoms with Gasteiger partial charge in [-0.05, 0) is 37.0 Å². The van der Waals surface area contributed by atoms with Crippen LogP contribution in [-0.4, -0.2) is 61.5 Å². The van der Waals surface area contributed by atoms with E-state index in [1.165, 1.54) is 0 Å². The van der Waals surface area contributed by atoms with Crippen LogP contribution in [0.1, 0.15) is 29.6 Å². The molecule has 1 atom stereocenters. The molecule has 1 unspecified atom stereocenters. The molecule has 9 heteroatoms. The lowest BCUT2D eigenvalue weighted by Crippen LogP contribution is -2.42. The number of aromatic nitrogens is 5. The van der Waals surface area contributed by atoms with Crippen molar-refractivity contribution in [1.82, 2.24) is 35.4 Å². The summed E-state index contributed by atoms with van der Waals surface area (Å²) in [5, 5.41) is 18.4. The van der Waals surface area contributed by atoms with Crippen molar-refractivity contribution in [3.8, 4) is 0 Å². The van der Waals surface area contributed by atoms with Gasteiger partial charge in [-0.2, -0.15) is 5.10 Å². The lowest BCUT2D eigenvalue weighted by molar-refractivity contribution is -0.133. The van der Waals surface area contributed by atoms with Gasteiger partial charge in [0, 0.05) is 49.7 Å². The molecule has 28 heavy (non-hydrogen) atoms. The van der Waals surface area contributed by atoms with E-state index in [9.17, 15) is 9.59 Å². The van der Waals surface area contributed by atoms with Gasteiger partial charge in [0.1, 0.15) is 0 Å². The minimum absolute atomic E-state index is 0.0777. The second-order valence-electron chi connectivity index (χ2n) is 7.15. The number of nitrogens with zero attached hydrogens (tertiary/aromatic N) is 5. The summed E-state index contributed by atoms with van der Waals surface area (Å²) in [4.78, 5) is 26.7. The second-order valence-corrected chi connectivity index (χ2v) is 7.15. The van der Waals surface area contributed by atoms with Gasteiger partial charge >= 0.3 is 0 Å². The molecule has 3 aromatic rings. The van der Waals surface area contributed by atoms with Crippen molar-refractivity contribution in [2.24, 2.45) is 5.92 Å². The van der Waals surface area contributed by atoms with Crippen molar-refractivity contribution >= 4 is 22.7 Å². The van der Waals surface area contributed by atoms with E-state index in [0.717, 1.165) is 43.4 Å². The third-order valence-electron chi connectivity index (χ3n) is 5.12. The Kier molecular flexibility index (Phi) is 5.31. The number of carbonyl (C=O) groups excluding carboxylic acids is 2. The van der Waals surface area contributed by atoms with Crippen molar-refractivity contribution in [3.05, 3.63) is 42.4 Å². The fraction of sp³-hybridized carbons (Fsp3) is 0.421. The van der Waals surface area contributed by atoms with Gasteiger partial charge in [-0.1, -0.05) is 5.21 Å². The van der Waals surface area contributed by atoms with E-state index in [4.69, 9.17) is 0 Å². The predicted molar refractivity (Wildman–Crippen MR) is 102 cm³/mol. The zero-order chi connectivity index (χ0) is 19.3. The third-order valence-corrected chi connectivity index (χ3v) is 5.12. The Morgan fingerprint density at radius 3 is 3.11 bits per heavy atom. The highest BCUT2D eigenvalue weighted by molar-refractivity contribution is 5.98. The van der Waals surface area contributed by atoms with E-state index >= 15 is 0 Å². The number of H-pyrrole nitrogens is 1. The molecule has 4 rings (SSSR count). The number of piperidine rings is 1. The minimum atomic E-state index is -0.182. The molecule has 2 aromatic heterocycles. The normalized spacial score (nSPS) is 17.0. The lowest BCUT2D eigenvalue weighted by Gasteiger charge is -2.32. The highest BCUT2D eigenvalue weighted by Crippen LogP contribution is 2.18. The Hall–Kier alpha value is -3.23. The Labute approximate surface area is 162 Å². The van der Waals surface area contributed by atoms with Crippen LogP contribution in [0.2, 0.25) is 0 Å². The standard InChI is InChI=1S/C19H23N7O2/c27-18(25-8-1-2-14(12-25)13-26-9-7-21-24-26)5-6-20-19(28)15-3-4-17-16(10-15)11-22-23-17/h3-4,7,9-11,14H,1-2,5-6,8,12-13H2,(H,20,28)(H,22,23). The number of benzene rings is 1. The van der Waals surface area contributed by atoms with Crippen LogP contribution in [0.4, 0.5) is 0 Å². The van der Waals surface area contributed by atoms with Gasteiger partial charge in [0.05, 0.1) is 17.9 Å². The summed E-state index contributed by atoms with van der Waals surface area (Å²) in [7, 11) is 0. The van der Waals surface area contributed by atoms with Crippen LogP contribution in [0.25, 0.3) is 10.9 Å². The molecule has 3 heterocycles. The van der Waals surface area contributed by atoms with Gasteiger partial charge in [-0.15, -0.1) is 5.10 Å². The molecule has 9 nitrogen and oxygen atoms in total. The van der Waals surface area contributed by atoms with E-state index in [0.29, 0.717) is 24.4 Å². The minimum Gasteiger partial charge on any atom is -0.352 e. The maximum absolute atomic E-state index is 12.5. The van der Waals surface area contributed by atoms with Crippen LogP contribution in [0.3, 0.4) is 0 Å². The molecule has 0 aliphatic carbocycles. The van der Waals surface area contributed by atoms with Crippen LogP contribution in [-0.2, 0) is 11.3 Å². The largest absolute Gasteiger partial charge is 0.352 e. The first kappa shape index (κ1) is 18.1. The van der Waals surface area contributed by atoms with Crippen LogP contribution in [0, 0.1) is 5.92 Å². The lowest BCUT2D eigenvalue weighted by atomic mass is 9.98. The summed E-state index contributed by atoms with van der Waals surface area (Å²) < 4.78 is 1.82. The maximum Gasteiger partial charge on any atom is 0.251 e. The Morgan fingerprint density at radius 1 is 1.32 bits per heavy atom. The molecule has 0 saturated carbocycles. The fourth-order valence-electron chi connectivity index (χ4n) is 3.66. The van der Waals surface area contributed by atoms with E-state index in [-0.39, 0.29) is 11.8 Å². The number of amides is 2. The van der Waals surface area contributed by atoms with Crippen LogP contribution in [0.15, 0.2) is 36.8 Å². The molecule has 1 aromatic carbocycles. The molecule has 1 aliphatic heterocycles. The molecule has 1 saturated heterocycles. The molecule has 0 spiro atoms. The number of likely N-dealkylation sites (tertiary alicyclic amines) is 1. The monoisotopic (exact) mass is 381 g/mol. The van der Waals surface area contributed by atoms with Crippen molar-refractivity contribution in [3.63, 3.8) is 0 Å². The number of nitrogens with one attached hydrogen (secondary N) is 2. The summed E-state index contributed by atoms with van der Waals surface area (Å²) in [6.07, 6.45) is 7.56. The highest BCUT2D eigenvalue weighted by atomic mass is 16.2. The summed E-state index contributed by atoms with van der Waals surface area (Å²) in [5.41, 5.74) is 1.45. The van der Waals surface area contributed by atoms with Crippen LogP contribution in [0.5, 0.6) is 0 Å². The molecule has 2 amide bonds. The zero-order valence-corrected chi connectivity index (χ0v) is 15.5. The number of hydrogen-bond acceptors (Lipinski definition) is 5. The fourth-order valence-corrected chi connectivity index (χ4v) is 3.66. The Balaban J connectivity index is 1.24. The number of fused-ring (bicyclic) bond motifs is 1. The zero-order valence-electron chi connectivity index (χ0n) is 15.5. The van der Waals surface area contributed by atoms with Gasteiger partial charge in [0.2, 0.25) is 5.91 Å². The van der Waals surface area contributed by atoms with Crippen molar-refractivity contribution < 1.29 is 9.59 Å². The van der Waals surface area contributed by atoms with Gasteiger partial charge < -0.3 is 10.2 Å². The van der Waals surface area contributed by atoms with E-state index in [1.54, 1.807) is 24.5 Å². The average molecular weight is 381 g/mol. The van der Waals surface area contributed by atoms with Crippen molar-refractivity contribution in [2.45, 2.75) is 25.8 Å². The molecule has 0 bridgehead atoms. The molecule has 1 aliphatic rings. The number of rotatable bonds is 6. The summed E-state index contributed by atoms with van der Waals surface area (Å²) in [6.45, 7) is 2.60.